The summed E-state index contributed by atoms with van der Waals surface area (Å²) in [6.07, 6.45) is 8.45. The molecule has 0 saturated carbocycles. The highest BCUT2D eigenvalue weighted by Gasteiger charge is 2.24. The maximum absolute atomic E-state index is 9.24. The highest BCUT2D eigenvalue weighted by Crippen LogP contribution is 2.31. The van der Waals surface area contributed by atoms with E-state index in [1.54, 1.807) is 24.5 Å². The third-order valence-electron chi connectivity index (χ3n) is 4.43. The fourth-order valence-electron chi connectivity index (χ4n) is 3.16. The van der Waals surface area contributed by atoms with Crippen molar-refractivity contribution in [2.45, 2.75) is 25.5 Å². The summed E-state index contributed by atoms with van der Waals surface area (Å²) >= 11 is 5.94. The molecule has 3 aromatic rings. The maximum Gasteiger partial charge on any atom is 0.144 e. The van der Waals surface area contributed by atoms with Gasteiger partial charge in [-0.2, -0.15) is 5.26 Å². The quantitative estimate of drug-likeness (QED) is 0.663. The Hall–Kier alpha value is -2.84. The predicted molar refractivity (Wildman–Crippen MR) is 95.6 cm³/mol. The molecule has 25 heavy (non-hydrogen) atoms. The lowest BCUT2D eigenvalue weighted by Crippen LogP contribution is -2.15. The summed E-state index contributed by atoms with van der Waals surface area (Å²) in [5.41, 5.74) is 2.34. The molecule has 5 nitrogen and oxygen atoms in total. The number of allylic oxidation sites excluding steroid dienone is 1. The van der Waals surface area contributed by atoms with E-state index in [0.717, 1.165) is 23.1 Å². The minimum atomic E-state index is -0.0985. The van der Waals surface area contributed by atoms with Crippen LogP contribution in [-0.4, -0.2) is 20.6 Å². The molecule has 0 bridgehead atoms. The average Bonchev–Trinajstić information content (AvgIpc) is 3.23. The molecule has 1 aliphatic rings. The van der Waals surface area contributed by atoms with Crippen molar-refractivity contribution in [3.63, 3.8) is 0 Å². The molecule has 6 heteroatoms. The van der Waals surface area contributed by atoms with Crippen molar-refractivity contribution in [3.05, 3.63) is 65.2 Å². The molecular weight excluding hydrogens is 336 g/mol. The zero-order valence-corrected chi connectivity index (χ0v) is 14.3. The van der Waals surface area contributed by atoms with Crippen LogP contribution in [0.15, 0.2) is 48.9 Å². The molecule has 0 amide bonds. The maximum atomic E-state index is 9.24. The second kappa shape index (κ2) is 6.23. The number of halogens is 1. The lowest BCUT2D eigenvalue weighted by molar-refractivity contribution is 0.235. The molecule has 2 atom stereocenters. The molecule has 124 valence electrons. The number of aromatic nitrogens is 3. The molecular formula is C19H15ClN4O. The molecule has 0 N–H and O–H groups in total. The lowest BCUT2D eigenvalue weighted by atomic mass is 10.2. The van der Waals surface area contributed by atoms with Crippen molar-refractivity contribution in [1.29, 1.82) is 5.26 Å². The largest absolute Gasteiger partial charge is 0.485 e. The summed E-state index contributed by atoms with van der Waals surface area (Å²) in [5.74, 6) is 0.553. The monoisotopic (exact) mass is 350 g/mol. The van der Waals surface area contributed by atoms with Crippen LogP contribution in [0.1, 0.15) is 23.7 Å². The number of hydrogen-bond donors (Lipinski definition) is 0. The normalized spacial score (nSPS) is 19.2. The molecule has 1 aliphatic carbocycles. The number of nitrogens with zero attached hydrogens (tertiary/aromatic N) is 4. The highest BCUT2D eigenvalue weighted by molar-refractivity contribution is 6.30. The Morgan fingerprint density at radius 1 is 1.28 bits per heavy atom. The van der Waals surface area contributed by atoms with Gasteiger partial charge in [0, 0.05) is 23.0 Å². The van der Waals surface area contributed by atoms with Gasteiger partial charge in [-0.3, -0.25) is 0 Å². The zero-order valence-electron chi connectivity index (χ0n) is 13.6. The van der Waals surface area contributed by atoms with Gasteiger partial charge in [-0.1, -0.05) is 17.7 Å². The van der Waals surface area contributed by atoms with Crippen LogP contribution in [0.5, 0.6) is 5.75 Å². The standard InChI is InChI=1S/C19H15ClN4O/c1-12-17-6-7-24(19(17)23-11-22-12)15-3-4-16(9-15)25-18-5-2-14(20)8-13(18)10-21/h2-8,11,15-16H,9H2,1H3/t15-,16+/m0/s1. The van der Waals surface area contributed by atoms with Gasteiger partial charge < -0.3 is 9.30 Å². The number of ether oxygens (including phenoxy) is 1. The van der Waals surface area contributed by atoms with Crippen molar-refractivity contribution in [2.24, 2.45) is 0 Å². The summed E-state index contributed by atoms with van der Waals surface area (Å²) in [4.78, 5) is 8.65. The van der Waals surface area contributed by atoms with E-state index in [0.29, 0.717) is 16.3 Å². The van der Waals surface area contributed by atoms with Gasteiger partial charge in [0.2, 0.25) is 0 Å². The average molecular weight is 351 g/mol. The first-order chi connectivity index (χ1) is 12.2. The van der Waals surface area contributed by atoms with E-state index in [-0.39, 0.29) is 12.1 Å². The second-order valence-electron chi connectivity index (χ2n) is 6.02. The van der Waals surface area contributed by atoms with Crippen LogP contribution in [0.4, 0.5) is 0 Å². The van der Waals surface area contributed by atoms with Crippen LogP contribution in [0, 0.1) is 18.3 Å². The van der Waals surface area contributed by atoms with Crippen molar-refractivity contribution in [1.82, 2.24) is 14.5 Å². The number of rotatable bonds is 3. The Morgan fingerprint density at radius 2 is 2.16 bits per heavy atom. The van der Waals surface area contributed by atoms with Crippen LogP contribution in [0.2, 0.25) is 5.02 Å². The Morgan fingerprint density at radius 3 is 3.00 bits per heavy atom. The smallest absolute Gasteiger partial charge is 0.144 e. The van der Waals surface area contributed by atoms with Crippen molar-refractivity contribution in [3.8, 4) is 11.8 Å². The predicted octanol–water partition coefficient (Wildman–Crippen LogP) is 4.21. The topological polar surface area (TPSA) is 63.7 Å². The van der Waals surface area contributed by atoms with Crippen molar-refractivity contribution in [2.75, 3.05) is 0 Å². The lowest BCUT2D eigenvalue weighted by Gasteiger charge is -2.17. The molecule has 4 rings (SSSR count). The minimum absolute atomic E-state index is 0.0985. The van der Waals surface area contributed by atoms with Gasteiger partial charge >= 0.3 is 0 Å². The van der Waals surface area contributed by atoms with Gasteiger partial charge in [-0.05, 0) is 37.3 Å². The first kappa shape index (κ1) is 15.7. The van der Waals surface area contributed by atoms with Crippen molar-refractivity contribution < 1.29 is 4.74 Å². The number of fused-ring (bicyclic) bond motifs is 1. The van der Waals surface area contributed by atoms with Crippen LogP contribution in [0.25, 0.3) is 11.0 Å². The summed E-state index contributed by atoms with van der Waals surface area (Å²) in [6.45, 7) is 1.98. The first-order valence-electron chi connectivity index (χ1n) is 7.98. The summed E-state index contributed by atoms with van der Waals surface area (Å²) in [7, 11) is 0. The van der Waals surface area contributed by atoms with Gasteiger partial charge in [-0.15, -0.1) is 0 Å². The first-order valence-corrected chi connectivity index (χ1v) is 8.36. The minimum Gasteiger partial charge on any atom is -0.485 e. The molecule has 1 aromatic carbocycles. The molecule has 2 aromatic heterocycles. The molecule has 0 saturated heterocycles. The van der Waals surface area contributed by atoms with Gasteiger partial charge in [0.05, 0.1) is 17.3 Å². The van der Waals surface area contributed by atoms with Gasteiger partial charge in [0.25, 0.3) is 0 Å². The molecule has 2 heterocycles. The van der Waals surface area contributed by atoms with Crippen molar-refractivity contribution >= 4 is 22.6 Å². The fraction of sp³-hybridized carbons (Fsp3) is 0.211. The zero-order chi connectivity index (χ0) is 17.4. The summed E-state index contributed by atoms with van der Waals surface area (Å²) < 4.78 is 8.14. The summed E-state index contributed by atoms with van der Waals surface area (Å²) in [6, 6.07) is 9.41. The van der Waals surface area contributed by atoms with E-state index >= 15 is 0 Å². The highest BCUT2D eigenvalue weighted by atomic mass is 35.5. The van der Waals surface area contributed by atoms with Crippen LogP contribution >= 0.6 is 11.6 Å². The fourth-order valence-corrected chi connectivity index (χ4v) is 3.33. The number of aryl methyl sites for hydroxylation is 1. The molecule has 0 spiro atoms. The van der Waals surface area contributed by atoms with E-state index in [4.69, 9.17) is 16.3 Å². The SMILES string of the molecule is Cc1ncnc2c1ccn2[C@H]1C=C[C@@H](Oc2ccc(Cl)cc2C#N)C1. The van der Waals surface area contributed by atoms with E-state index in [9.17, 15) is 5.26 Å². The Kier molecular flexibility index (Phi) is 3.90. The third kappa shape index (κ3) is 2.86. The molecule has 0 aliphatic heterocycles. The molecule has 0 fully saturated rings. The Bertz CT molecular complexity index is 1020. The summed E-state index contributed by atoms with van der Waals surface area (Å²) in [5, 5.41) is 10.8. The van der Waals surface area contributed by atoms with Gasteiger partial charge in [0.15, 0.2) is 0 Å². The van der Waals surface area contributed by atoms with E-state index < -0.39 is 0 Å². The number of nitriles is 1. The number of hydrogen-bond acceptors (Lipinski definition) is 4. The molecule has 0 radical (unpaired) electrons. The van der Waals surface area contributed by atoms with E-state index in [2.05, 4.69) is 26.7 Å². The third-order valence-corrected chi connectivity index (χ3v) is 4.66. The Balaban J connectivity index is 1.55. The van der Waals surface area contributed by atoms with Crippen LogP contribution in [-0.2, 0) is 0 Å². The second-order valence-corrected chi connectivity index (χ2v) is 6.45. The van der Waals surface area contributed by atoms with Crippen LogP contribution < -0.4 is 4.74 Å². The Labute approximate surface area is 150 Å². The molecule has 0 unspecified atom stereocenters. The van der Waals surface area contributed by atoms with E-state index in [1.165, 1.54) is 0 Å². The van der Waals surface area contributed by atoms with Gasteiger partial charge in [-0.25, -0.2) is 9.97 Å². The van der Waals surface area contributed by atoms with Gasteiger partial charge in [0.1, 0.15) is 29.9 Å². The van der Waals surface area contributed by atoms with Crippen LogP contribution in [0.3, 0.4) is 0 Å². The van der Waals surface area contributed by atoms with E-state index in [1.807, 2.05) is 25.3 Å². The number of benzene rings is 1.